The molecule has 5 heteroatoms. The van der Waals surface area contributed by atoms with E-state index in [2.05, 4.69) is 0 Å². The Kier molecular flexibility index (Phi) is 2.98. The number of nitrogens with zero attached hydrogens (tertiary/aromatic N) is 1. The molecular weight excluding hydrogens is 241 g/mol. The van der Waals surface area contributed by atoms with Crippen molar-refractivity contribution < 1.29 is 13.2 Å². The van der Waals surface area contributed by atoms with Crippen LogP contribution in [0.2, 0.25) is 0 Å². The van der Waals surface area contributed by atoms with Crippen LogP contribution < -0.4 is 5.49 Å². The minimum atomic E-state index is -4.37. The fourth-order valence-electron chi connectivity index (χ4n) is 1.66. The van der Waals surface area contributed by atoms with Gasteiger partial charge in [-0.25, -0.2) is 0 Å². The SMILES string of the molecule is Cc1cccn(-c2cccc(C(F)(F)F)c2)c1=N. The molecule has 0 aliphatic carbocycles. The van der Waals surface area contributed by atoms with Crippen LogP contribution in [0.4, 0.5) is 13.2 Å². The van der Waals surface area contributed by atoms with Crippen LogP contribution in [0.5, 0.6) is 0 Å². The number of aryl methyl sites for hydroxylation is 1. The summed E-state index contributed by atoms with van der Waals surface area (Å²) in [6.45, 7) is 1.74. The summed E-state index contributed by atoms with van der Waals surface area (Å²) >= 11 is 0. The van der Waals surface area contributed by atoms with E-state index < -0.39 is 11.7 Å². The molecule has 1 aromatic heterocycles. The van der Waals surface area contributed by atoms with Crippen LogP contribution in [0.3, 0.4) is 0 Å². The summed E-state index contributed by atoms with van der Waals surface area (Å²) in [6.07, 6.45) is -2.80. The summed E-state index contributed by atoms with van der Waals surface area (Å²) < 4.78 is 39.2. The summed E-state index contributed by atoms with van der Waals surface area (Å²) in [7, 11) is 0. The van der Waals surface area contributed by atoms with Crippen LogP contribution in [0.1, 0.15) is 11.1 Å². The number of hydrogen-bond donors (Lipinski definition) is 1. The molecule has 1 aromatic carbocycles. The Hall–Kier alpha value is -2.04. The maximum Gasteiger partial charge on any atom is 0.416 e. The number of benzene rings is 1. The normalized spacial score (nSPS) is 11.6. The lowest BCUT2D eigenvalue weighted by atomic mass is 10.2. The van der Waals surface area contributed by atoms with E-state index in [-0.39, 0.29) is 5.49 Å². The van der Waals surface area contributed by atoms with Gasteiger partial charge in [0.05, 0.1) is 5.56 Å². The Bertz CT molecular complexity index is 627. The molecule has 1 N–H and O–H groups in total. The van der Waals surface area contributed by atoms with Crippen LogP contribution in [0.15, 0.2) is 42.6 Å². The van der Waals surface area contributed by atoms with Crippen LogP contribution in [-0.2, 0) is 6.18 Å². The summed E-state index contributed by atoms with van der Waals surface area (Å²) in [4.78, 5) is 0. The van der Waals surface area contributed by atoms with Crippen LogP contribution in [-0.4, -0.2) is 4.57 Å². The first-order valence-electron chi connectivity index (χ1n) is 5.30. The molecule has 1 heterocycles. The molecule has 0 fully saturated rings. The Morgan fingerprint density at radius 1 is 1.11 bits per heavy atom. The lowest BCUT2D eigenvalue weighted by Gasteiger charge is -2.11. The number of halogens is 3. The van der Waals surface area contributed by atoms with E-state index in [1.54, 1.807) is 31.3 Å². The van der Waals surface area contributed by atoms with Gasteiger partial charge in [0, 0.05) is 11.9 Å². The van der Waals surface area contributed by atoms with Gasteiger partial charge in [0.15, 0.2) is 0 Å². The molecule has 0 amide bonds. The van der Waals surface area contributed by atoms with Crippen LogP contribution in [0, 0.1) is 12.3 Å². The quantitative estimate of drug-likeness (QED) is 0.807. The second-order valence-corrected chi connectivity index (χ2v) is 3.96. The van der Waals surface area contributed by atoms with Crippen molar-refractivity contribution in [2.45, 2.75) is 13.1 Å². The molecule has 94 valence electrons. The lowest BCUT2D eigenvalue weighted by molar-refractivity contribution is -0.137. The summed E-state index contributed by atoms with van der Waals surface area (Å²) in [6, 6.07) is 8.39. The minimum absolute atomic E-state index is 0.178. The van der Waals surface area contributed by atoms with Crippen LogP contribution >= 0.6 is 0 Å². The number of nitrogens with one attached hydrogen (secondary N) is 1. The molecule has 0 aliphatic heterocycles. The molecule has 2 rings (SSSR count). The predicted molar refractivity (Wildman–Crippen MR) is 61.4 cm³/mol. The molecule has 0 atom stereocenters. The average molecular weight is 252 g/mol. The zero-order valence-corrected chi connectivity index (χ0v) is 9.62. The highest BCUT2D eigenvalue weighted by atomic mass is 19.4. The second kappa shape index (κ2) is 4.33. The molecule has 0 saturated carbocycles. The Balaban J connectivity index is 2.59. The van der Waals surface area contributed by atoms with E-state index in [9.17, 15) is 13.2 Å². The molecule has 0 radical (unpaired) electrons. The smallest absolute Gasteiger partial charge is 0.302 e. The molecule has 0 aliphatic rings. The van der Waals surface area contributed by atoms with E-state index in [4.69, 9.17) is 5.41 Å². The van der Waals surface area contributed by atoms with E-state index in [1.165, 1.54) is 10.6 Å². The number of alkyl halides is 3. The minimum Gasteiger partial charge on any atom is -0.302 e. The second-order valence-electron chi connectivity index (χ2n) is 3.96. The largest absolute Gasteiger partial charge is 0.416 e. The molecule has 18 heavy (non-hydrogen) atoms. The highest BCUT2D eigenvalue weighted by molar-refractivity contribution is 5.37. The maximum absolute atomic E-state index is 12.6. The summed E-state index contributed by atoms with van der Waals surface area (Å²) in [5, 5.41) is 7.84. The van der Waals surface area contributed by atoms with Gasteiger partial charge in [0.1, 0.15) is 5.49 Å². The third kappa shape index (κ3) is 2.30. The average Bonchev–Trinajstić information content (AvgIpc) is 2.32. The first kappa shape index (κ1) is 12.4. The molecule has 2 aromatic rings. The van der Waals surface area contributed by atoms with Crippen molar-refractivity contribution >= 4 is 0 Å². The highest BCUT2D eigenvalue weighted by Gasteiger charge is 2.30. The number of aromatic nitrogens is 1. The monoisotopic (exact) mass is 252 g/mol. The zero-order chi connectivity index (χ0) is 13.3. The maximum atomic E-state index is 12.6. The number of rotatable bonds is 1. The molecule has 0 saturated heterocycles. The van der Waals surface area contributed by atoms with Crippen molar-refractivity contribution in [1.29, 1.82) is 5.41 Å². The first-order valence-corrected chi connectivity index (χ1v) is 5.30. The standard InChI is InChI=1S/C13H11F3N2/c1-9-4-3-7-18(12(9)17)11-6-2-5-10(8-11)13(14,15)16/h2-8,17H,1H3. The predicted octanol–water partition coefficient (Wildman–Crippen LogP) is 3.28. The van der Waals surface area contributed by atoms with Crippen molar-refractivity contribution in [3.8, 4) is 5.69 Å². The zero-order valence-electron chi connectivity index (χ0n) is 9.62. The van der Waals surface area contributed by atoms with Gasteiger partial charge in [0.25, 0.3) is 0 Å². The summed E-state index contributed by atoms with van der Waals surface area (Å²) in [5.74, 6) is 0. The summed E-state index contributed by atoms with van der Waals surface area (Å²) in [5.41, 5.74) is 0.499. The van der Waals surface area contributed by atoms with E-state index in [1.807, 2.05) is 0 Å². The molecule has 0 spiro atoms. The van der Waals surface area contributed by atoms with E-state index in [0.717, 1.165) is 12.1 Å². The van der Waals surface area contributed by atoms with Crippen molar-refractivity contribution in [3.05, 3.63) is 59.2 Å². The Labute approximate surface area is 102 Å². The fraction of sp³-hybridized carbons (Fsp3) is 0.154. The van der Waals surface area contributed by atoms with Crippen molar-refractivity contribution in [1.82, 2.24) is 4.57 Å². The topological polar surface area (TPSA) is 28.8 Å². The molecule has 0 bridgehead atoms. The number of hydrogen-bond acceptors (Lipinski definition) is 1. The third-order valence-electron chi connectivity index (χ3n) is 2.65. The molecule has 0 unspecified atom stereocenters. The highest BCUT2D eigenvalue weighted by Crippen LogP contribution is 2.30. The van der Waals surface area contributed by atoms with Gasteiger partial charge in [-0.15, -0.1) is 0 Å². The van der Waals surface area contributed by atoms with Crippen molar-refractivity contribution in [2.75, 3.05) is 0 Å². The van der Waals surface area contributed by atoms with Gasteiger partial charge in [-0.05, 0) is 36.8 Å². The van der Waals surface area contributed by atoms with Crippen molar-refractivity contribution in [2.24, 2.45) is 0 Å². The van der Waals surface area contributed by atoms with Gasteiger partial charge in [-0.2, -0.15) is 13.2 Å². The van der Waals surface area contributed by atoms with Gasteiger partial charge >= 0.3 is 6.18 Å². The first-order chi connectivity index (χ1) is 8.39. The van der Waals surface area contributed by atoms with E-state index in [0.29, 0.717) is 11.3 Å². The van der Waals surface area contributed by atoms with E-state index >= 15 is 0 Å². The third-order valence-corrected chi connectivity index (χ3v) is 2.65. The molecular formula is C13H11F3N2. The van der Waals surface area contributed by atoms with Crippen molar-refractivity contribution in [3.63, 3.8) is 0 Å². The lowest BCUT2D eigenvalue weighted by Crippen LogP contribution is -2.20. The fourth-order valence-corrected chi connectivity index (χ4v) is 1.66. The van der Waals surface area contributed by atoms with Gasteiger partial charge in [-0.1, -0.05) is 12.1 Å². The Morgan fingerprint density at radius 3 is 2.50 bits per heavy atom. The Morgan fingerprint density at radius 2 is 1.83 bits per heavy atom. The van der Waals surface area contributed by atoms with Gasteiger partial charge < -0.3 is 4.57 Å². The number of pyridine rings is 1. The van der Waals surface area contributed by atoms with Gasteiger partial charge in [0.2, 0.25) is 0 Å². The van der Waals surface area contributed by atoms with Gasteiger partial charge in [-0.3, -0.25) is 5.41 Å². The molecule has 2 nitrogen and oxygen atoms in total. The van der Waals surface area contributed by atoms with Crippen LogP contribution in [0.25, 0.3) is 5.69 Å².